The van der Waals surface area contributed by atoms with E-state index in [0.717, 1.165) is 5.56 Å². The quantitative estimate of drug-likeness (QED) is 0.0552. The number of rotatable bonds is 26. The summed E-state index contributed by atoms with van der Waals surface area (Å²) >= 11 is 1.35. The van der Waals surface area contributed by atoms with Gasteiger partial charge in [-0.2, -0.15) is 4.98 Å². The molecule has 0 radical (unpaired) electrons. The van der Waals surface area contributed by atoms with Gasteiger partial charge in [0, 0.05) is 18.4 Å². The zero-order chi connectivity index (χ0) is 52.4. The third kappa shape index (κ3) is 19.2. The molecule has 10 N–H and O–H groups in total. The minimum atomic E-state index is -1.44. The molecule has 0 saturated carbocycles. The Morgan fingerprint density at radius 1 is 0.761 bits per heavy atom. The van der Waals surface area contributed by atoms with Crippen LogP contribution in [0.2, 0.25) is 0 Å². The topological polar surface area (TPSA) is 309 Å². The molecule has 1 fully saturated rings. The van der Waals surface area contributed by atoms with Gasteiger partial charge in [-0.25, -0.2) is 9.59 Å². The van der Waals surface area contributed by atoms with Crippen LogP contribution < -0.4 is 37.6 Å². The average Bonchev–Trinajstić information content (AvgIpc) is 3.79. The van der Waals surface area contributed by atoms with Crippen molar-refractivity contribution in [3.8, 4) is 5.75 Å². The van der Waals surface area contributed by atoms with E-state index in [1.165, 1.54) is 47.6 Å². The van der Waals surface area contributed by atoms with Crippen LogP contribution in [0.3, 0.4) is 0 Å². The van der Waals surface area contributed by atoms with Gasteiger partial charge in [0.25, 0.3) is 0 Å². The van der Waals surface area contributed by atoms with E-state index in [2.05, 4.69) is 36.9 Å². The second-order valence-electron chi connectivity index (χ2n) is 18.8. The Balaban J connectivity index is 1.34. The Hall–Kier alpha value is -6.07. The summed E-state index contributed by atoms with van der Waals surface area (Å²) in [6.45, 7) is 12.0. The van der Waals surface area contributed by atoms with Crippen molar-refractivity contribution in [2.24, 2.45) is 17.8 Å². The number of amides is 6. The first-order valence-electron chi connectivity index (χ1n) is 23.7. The standard InChI is InChI=1S/C49H70N8O13S/c1-27(2)19-34(38(61)23-41(63)54-39-17-18-57(48(67)55-39)42-26-71-43(24-58)70-42)51-45(64)30(7)50-40(62)22-37(60)35(20-28(3)4)52-47(66)44(29(5)6)56-46(65)36(21-31-13-15-33(59)16-14-31)53-49(68)69-25-32-11-9-8-10-12-32/h8-18,27-30,34-38,42-44,58-61H,19-26H2,1-7H3,(H,50,62)(H,51,64)(H,52,66)(H,53,68)(H,56,65)(H,54,55,63,67)/t30-,34+,35+,36-,37+,38+,42?,43?,44-/m0/s1. The van der Waals surface area contributed by atoms with E-state index in [0.29, 0.717) is 11.3 Å². The fourth-order valence-corrected chi connectivity index (χ4v) is 8.53. The van der Waals surface area contributed by atoms with Crippen LogP contribution in [0.4, 0.5) is 10.6 Å². The molecule has 4 rings (SSSR count). The summed E-state index contributed by atoms with van der Waals surface area (Å²) in [5.74, 6) is -3.65. The average molecular weight is 1010 g/mol. The number of aromatic hydroxyl groups is 1. The van der Waals surface area contributed by atoms with Crippen LogP contribution in [0.1, 0.15) is 91.5 Å². The van der Waals surface area contributed by atoms with Gasteiger partial charge >= 0.3 is 11.8 Å². The maximum Gasteiger partial charge on any atom is 0.408 e. The van der Waals surface area contributed by atoms with Gasteiger partial charge in [-0.3, -0.25) is 28.5 Å². The minimum absolute atomic E-state index is 0.00758. The molecule has 1 aromatic heterocycles. The van der Waals surface area contributed by atoms with Crippen LogP contribution in [-0.2, 0) is 46.5 Å². The second kappa shape index (κ2) is 28.1. The second-order valence-corrected chi connectivity index (χ2v) is 20.0. The number of aliphatic hydroxyl groups is 3. The zero-order valence-corrected chi connectivity index (χ0v) is 42.0. The van der Waals surface area contributed by atoms with E-state index < -0.39 is 114 Å². The van der Waals surface area contributed by atoms with Crippen molar-refractivity contribution in [1.29, 1.82) is 0 Å². The summed E-state index contributed by atoms with van der Waals surface area (Å²) in [5, 5.41) is 57.5. The summed E-state index contributed by atoms with van der Waals surface area (Å²) in [6, 6.07) is 11.0. The molecule has 1 aliphatic heterocycles. The number of anilines is 1. The van der Waals surface area contributed by atoms with Crippen molar-refractivity contribution in [1.82, 2.24) is 36.1 Å². The Morgan fingerprint density at radius 3 is 1.93 bits per heavy atom. The van der Waals surface area contributed by atoms with Crippen molar-refractivity contribution in [2.75, 3.05) is 17.7 Å². The van der Waals surface area contributed by atoms with Gasteiger partial charge in [0.15, 0.2) is 0 Å². The third-order valence-corrected chi connectivity index (χ3v) is 12.4. The molecule has 6 amide bonds. The highest BCUT2D eigenvalue weighted by atomic mass is 32.2. The molecule has 9 atom stereocenters. The summed E-state index contributed by atoms with van der Waals surface area (Å²) in [7, 11) is 0. The Kier molecular flexibility index (Phi) is 22.8. The predicted molar refractivity (Wildman–Crippen MR) is 264 cm³/mol. The SMILES string of the molecule is CC(C)C[C@@H](NC(=O)[C@H](C)NC(=O)C[C@@H](O)[C@@H](CC(C)C)NC(=O)[C@@H](NC(=O)[C@H](Cc1ccc(O)cc1)NC(=O)OCc1ccccc1)C(C)C)[C@H](O)CC(=O)Nc1ccn(C2CSC(CO)O2)c(=O)n1. The van der Waals surface area contributed by atoms with E-state index >= 15 is 0 Å². The van der Waals surface area contributed by atoms with Crippen molar-refractivity contribution >= 4 is 53.2 Å². The zero-order valence-electron chi connectivity index (χ0n) is 41.2. The molecular formula is C49H70N8O13S. The molecule has 1 saturated heterocycles. The lowest BCUT2D eigenvalue weighted by Gasteiger charge is -2.30. The number of benzene rings is 2. The lowest BCUT2D eigenvalue weighted by Crippen LogP contribution is -2.58. The van der Waals surface area contributed by atoms with E-state index in [1.54, 1.807) is 50.2 Å². The third-order valence-electron chi connectivity index (χ3n) is 11.3. The molecule has 2 heterocycles. The van der Waals surface area contributed by atoms with Gasteiger partial charge in [-0.15, -0.1) is 11.8 Å². The van der Waals surface area contributed by atoms with Crippen molar-refractivity contribution in [2.45, 2.75) is 141 Å². The van der Waals surface area contributed by atoms with Crippen molar-refractivity contribution < 1.29 is 58.7 Å². The number of phenols is 1. The molecule has 0 aliphatic carbocycles. The van der Waals surface area contributed by atoms with E-state index in [-0.39, 0.29) is 55.9 Å². The molecule has 22 heteroatoms. The fourth-order valence-electron chi connectivity index (χ4n) is 7.60. The number of aliphatic hydroxyl groups excluding tert-OH is 3. The maximum absolute atomic E-state index is 13.9. The van der Waals surface area contributed by atoms with Crippen LogP contribution >= 0.6 is 11.8 Å². The summed E-state index contributed by atoms with van der Waals surface area (Å²) < 4.78 is 12.2. The van der Waals surface area contributed by atoms with Crippen LogP contribution in [0, 0.1) is 17.8 Å². The molecule has 390 valence electrons. The van der Waals surface area contributed by atoms with E-state index in [1.807, 2.05) is 33.8 Å². The highest BCUT2D eigenvalue weighted by molar-refractivity contribution is 8.00. The number of carbonyl (C=O) groups is 6. The predicted octanol–water partition coefficient (Wildman–Crippen LogP) is 2.21. The lowest BCUT2D eigenvalue weighted by molar-refractivity contribution is -0.133. The van der Waals surface area contributed by atoms with Gasteiger partial charge in [-0.1, -0.05) is 84.0 Å². The molecule has 0 bridgehead atoms. The number of phenolic OH excluding ortho intramolecular Hbond substituents is 1. The van der Waals surface area contributed by atoms with Crippen LogP contribution in [-0.4, -0.2) is 126 Å². The molecule has 2 aromatic carbocycles. The van der Waals surface area contributed by atoms with Crippen molar-refractivity contribution in [3.63, 3.8) is 0 Å². The molecule has 71 heavy (non-hydrogen) atoms. The molecule has 21 nitrogen and oxygen atoms in total. The van der Waals surface area contributed by atoms with E-state index in [9.17, 15) is 54.0 Å². The number of aromatic nitrogens is 2. The normalized spacial score (nSPS) is 17.5. The minimum Gasteiger partial charge on any atom is -0.508 e. The highest BCUT2D eigenvalue weighted by Gasteiger charge is 2.34. The number of carbonyl (C=O) groups excluding carboxylic acids is 6. The summed E-state index contributed by atoms with van der Waals surface area (Å²) in [5.41, 5.74) is 0.168. The first-order chi connectivity index (χ1) is 33.6. The van der Waals surface area contributed by atoms with E-state index in [4.69, 9.17) is 9.47 Å². The van der Waals surface area contributed by atoms with Gasteiger partial charge in [-0.05, 0) is 66.8 Å². The monoisotopic (exact) mass is 1010 g/mol. The molecule has 0 spiro atoms. The number of nitrogens with zero attached hydrogens (tertiary/aromatic N) is 2. The van der Waals surface area contributed by atoms with Gasteiger partial charge in [0.05, 0.1) is 43.7 Å². The van der Waals surface area contributed by atoms with Crippen LogP contribution in [0.5, 0.6) is 5.75 Å². The van der Waals surface area contributed by atoms with Gasteiger partial charge in [0.2, 0.25) is 29.5 Å². The first kappa shape index (κ1) is 57.5. The summed E-state index contributed by atoms with van der Waals surface area (Å²) in [4.78, 5) is 97.1. The largest absolute Gasteiger partial charge is 0.508 e. The Labute approximate surface area is 417 Å². The number of thioether (sulfide) groups is 1. The van der Waals surface area contributed by atoms with Gasteiger partial charge < -0.3 is 61.8 Å². The smallest absolute Gasteiger partial charge is 0.408 e. The maximum atomic E-state index is 13.9. The Bertz CT molecular complexity index is 2280. The summed E-state index contributed by atoms with van der Waals surface area (Å²) in [6.07, 6.45) is -3.44. The van der Waals surface area contributed by atoms with Gasteiger partial charge in [0.1, 0.15) is 48.0 Å². The molecule has 1 aliphatic rings. The lowest BCUT2D eigenvalue weighted by atomic mass is 9.95. The molecular weight excluding hydrogens is 941 g/mol. The Morgan fingerprint density at radius 2 is 1.37 bits per heavy atom. The fraction of sp³-hybridized carbons (Fsp3) is 0.551. The van der Waals surface area contributed by atoms with Crippen LogP contribution in [0.15, 0.2) is 71.7 Å². The van der Waals surface area contributed by atoms with Crippen molar-refractivity contribution in [3.05, 3.63) is 88.5 Å². The highest BCUT2D eigenvalue weighted by Crippen LogP contribution is 2.30. The number of hydrogen-bond acceptors (Lipinski definition) is 15. The molecule has 3 aromatic rings. The number of nitrogens with one attached hydrogen (secondary N) is 6. The number of alkyl carbamates (subject to hydrolysis) is 1. The first-order valence-corrected chi connectivity index (χ1v) is 24.8. The number of ether oxygens (including phenoxy) is 2. The van der Waals surface area contributed by atoms with Crippen LogP contribution in [0.25, 0.3) is 0 Å². The number of hydrogen-bond donors (Lipinski definition) is 10. The molecule has 2 unspecified atom stereocenters.